The van der Waals surface area contributed by atoms with Gasteiger partial charge in [0.25, 0.3) is 0 Å². The van der Waals surface area contributed by atoms with Gasteiger partial charge in [0, 0.05) is 18.6 Å². The van der Waals surface area contributed by atoms with Gasteiger partial charge in [0.2, 0.25) is 0 Å². The molecule has 0 radical (unpaired) electrons. The molecule has 1 aromatic heterocycles. The van der Waals surface area contributed by atoms with Crippen molar-refractivity contribution >= 4 is 5.97 Å². The number of piperidine rings is 1. The van der Waals surface area contributed by atoms with Crippen LogP contribution in [-0.2, 0) is 6.54 Å². The third kappa shape index (κ3) is 3.74. The highest BCUT2D eigenvalue weighted by Crippen LogP contribution is 2.14. The quantitative estimate of drug-likeness (QED) is 0.784. The number of aromatic nitrogens is 3. The van der Waals surface area contributed by atoms with Crippen molar-refractivity contribution in [3.05, 3.63) is 11.9 Å². The summed E-state index contributed by atoms with van der Waals surface area (Å²) in [7, 11) is 2.16. The van der Waals surface area contributed by atoms with E-state index in [0.29, 0.717) is 18.6 Å². The van der Waals surface area contributed by atoms with Gasteiger partial charge in [-0.1, -0.05) is 5.21 Å². The molecule has 1 aromatic rings. The molecule has 0 amide bonds. The van der Waals surface area contributed by atoms with Crippen LogP contribution in [0.25, 0.3) is 0 Å². The summed E-state index contributed by atoms with van der Waals surface area (Å²) in [6, 6.07) is 1.14. The van der Waals surface area contributed by atoms with Crippen molar-refractivity contribution in [2.75, 3.05) is 20.1 Å². The van der Waals surface area contributed by atoms with Crippen molar-refractivity contribution in [2.45, 2.75) is 38.4 Å². The molecular weight excluding hydrogens is 246 g/mol. The topological polar surface area (TPSA) is 83.3 Å². The summed E-state index contributed by atoms with van der Waals surface area (Å²) < 4.78 is 1.56. The van der Waals surface area contributed by atoms with Gasteiger partial charge < -0.3 is 15.3 Å². The van der Waals surface area contributed by atoms with Gasteiger partial charge in [-0.25, -0.2) is 4.79 Å². The molecule has 2 unspecified atom stereocenters. The maximum atomic E-state index is 10.7. The van der Waals surface area contributed by atoms with Gasteiger partial charge >= 0.3 is 5.97 Å². The number of nitrogens with zero attached hydrogens (tertiary/aromatic N) is 4. The molecule has 1 aliphatic heterocycles. The summed E-state index contributed by atoms with van der Waals surface area (Å²) in [6.07, 6.45) is 3.76. The summed E-state index contributed by atoms with van der Waals surface area (Å²) in [6.45, 7) is 4.78. The molecule has 0 saturated carbocycles. The minimum absolute atomic E-state index is 0.00656. The Kier molecular flexibility index (Phi) is 4.49. The van der Waals surface area contributed by atoms with E-state index < -0.39 is 5.97 Å². The van der Waals surface area contributed by atoms with Crippen molar-refractivity contribution in [1.82, 2.24) is 25.2 Å². The van der Waals surface area contributed by atoms with Gasteiger partial charge in [-0.15, -0.1) is 5.10 Å². The second-order valence-corrected chi connectivity index (χ2v) is 5.18. The highest BCUT2D eigenvalue weighted by molar-refractivity contribution is 5.84. The summed E-state index contributed by atoms with van der Waals surface area (Å²) in [4.78, 5) is 13.0. The number of hydrogen-bond acceptors (Lipinski definition) is 5. The molecule has 0 bridgehead atoms. The fourth-order valence-corrected chi connectivity index (χ4v) is 2.36. The number of carbonyl (C=O) groups is 1. The smallest absolute Gasteiger partial charge is 0.358 e. The lowest BCUT2D eigenvalue weighted by Crippen LogP contribution is -2.46. The zero-order valence-corrected chi connectivity index (χ0v) is 11.4. The lowest BCUT2D eigenvalue weighted by molar-refractivity contribution is 0.0690. The molecule has 0 aliphatic carbocycles. The second-order valence-electron chi connectivity index (χ2n) is 5.18. The predicted octanol–water partition coefficient (Wildman–Crippen LogP) is 0.0486. The minimum atomic E-state index is -1.04. The van der Waals surface area contributed by atoms with E-state index in [1.165, 1.54) is 6.20 Å². The van der Waals surface area contributed by atoms with Crippen molar-refractivity contribution in [3.8, 4) is 0 Å². The maximum Gasteiger partial charge on any atom is 0.358 e. The van der Waals surface area contributed by atoms with Gasteiger partial charge in [0.15, 0.2) is 5.69 Å². The van der Waals surface area contributed by atoms with Crippen molar-refractivity contribution in [3.63, 3.8) is 0 Å². The molecule has 2 N–H and O–H groups in total. The first-order valence-electron chi connectivity index (χ1n) is 6.63. The summed E-state index contributed by atoms with van der Waals surface area (Å²) in [5, 5.41) is 19.6. The van der Waals surface area contributed by atoms with Crippen molar-refractivity contribution in [1.29, 1.82) is 0 Å². The second kappa shape index (κ2) is 6.12. The Morgan fingerprint density at radius 1 is 1.63 bits per heavy atom. The molecule has 2 atom stereocenters. The lowest BCUT2D eigenvalue weighted by atomic mass is 9.99. The lowest BCUT2D eigenvalue weighted by Gasteiger charge is -2.35. The van der Waals surface area contributed by atoms with Crippen molar-refractivity contribution < 1.29 is 9.90 Å². The third-order valence-electron chi connectivity index (χ3n) is 3.74. The van der Waals surface area contributed by atoms with E-state index in [2.05, 4.69) is 34.5 Å². The van der Waals surface area contributed by atoms with Crippen LogP contribution in [-0.4, -0.2) is 63.2 Å². The number of likely N-dealkylation sites (tertiary alicyclic amines) is 1. The first-order valence-corrected chi connectivity index (χ1v) is 6.63. The summed E-state index contributed by atoms with van der Waals surface area (Å²) in [5.41, 5.74) is -0.00656. The first-order chi connectivity index (χ1) is 9.06. The fraction of sp³-hybridized carbons (Fsp3) is 0.750. The fourth-order valence-electron chi connectivity index (χ4n) is 2.36. The number of rotatable bonds is 5. The SMILES string of the molecule is CC1CC(NCCn2cc(C(=O)O)nn2)CCN1C. The number of hydrogen-bond donors (Lipinski definition) is 2. The monoisotopic (exact) mass is 267 g/mol. The summed E-state index contributed by atoms with van der Waals surface area (Å²) in [5.74, 6) is -1.04. The molecule has 2 rings (SSSR count). The maximum absolute atomic E-state index is 10.7. The van der Waals surface area contributed by atoms with Gasteiger partial charge in [-0.05, 0) is 33.4 Å². The highest BCUT2D eigenvalue weighted by Gasteiger charge is 2.21. The van der Waals surface area contributed by atoms with E-state index >= 15 is 0 Å². The summed E-state index contributed by atoms with van der Waals surface area (Å²) >= 11 is 0. The Labute approximate surface area is 112 Å². The van der Waals surface area contributed by atoms with Crippen LogP contribution in [0.15, 0.2) is 6.20 Å². The molecular formula is C12H21N5O2. The van der Waals surface area contributed by atoms with Gasteiger partial charge in [0.05, 0.1) is 12.7 Å². The van der Waals surface area contributed by atoms with Gasteiger partial charge in [-0.2, -0.15) is 0 Å². The molecule has 1 aliphatic rings. The standard InChI is InChI=1S/C12H21N5O2/c1-9-7-10(3-5-16(9)2)13-4-6-17-8-11(12(18)19)14-15-17/h8-10,13H,3-7H2,1-2H3,(H,18,19). The molecule has 7 nitrogen and oxygen atoms in total. The Bertz CT molecular complexity index is 434. The van der Waals surface area contributed by atoms with E-state index in [4.69, 9.17) is 5.11 Å². The average molecular weight is 267 g/mol. The van der Waals surface area contributed by atoms with Crippen LogP contribution in [0.4, 0.5) is 0 Å². The third-order valence-corrected chi connectivity index (χ3v) is 3.74. The van der Waals surface area contributed by atoms with Crippen LogP contribution in [0.3, 0.4) is 0 Å². The molecule has 0 aromatic carbocycles. The zero-order chi connectivity index (χ0) is 13.8. The first kappa shape index (κ1) is 14.0. The van der Waals surface area contributed by atoms with E-state index in [1.54, 1.807) is 4.68 Å². The molecule has 0 spiro atoms. The minimum Gasteiger partial charge on any atom is -0.476 e. The van der Waals surface area contributed by atoms with Crippen LogP contribution in [0.5, 0.6) is 0 Å². The molecule has 1 saturated heterocycles. The molecule has 1 fully saturated rings. The zero-order valence-electron chi connectivity index (χ0n) is 11.4. The molecule has 106 valence electrons. The van der Waals surface area contributed by atoms with Gasteiger partial charge in [0.1, 0.15) is 0 Å². The number of aromatic carboxylic acids is 1. The predicted molar refractivity (Wildman–Crippen MR) is 70.1 cm³/mol. The average Bonchev–Trinajstić information content (AvgIpc) is 2.83. The molecule has 19 heavy (non-hydrogen) atoms. The Morgan fingerprint density at radius 2 is 2.42 bits per heavy atom. The van der Waals surface area contributed by atoms with Crippen LogP contribution in [0, 0.1) is 0 Å². The van der Waals surface area contributed by atoms with Crippen LogP contribution >= 0.6 is 0 Å². The largest absolute Gasteiger partial charge is 0.476 e. The van der Waals surface area contributed by atoms with E-state index in [-0.39, 0.29) is 5.69 Å². The van der Waals surface area contributed by atoms with Crippen LogP contribution in [0.2, 0.25) is 0 Å². The number of carboxylic acids is 1. The van der Waals surface area contributed by atoms with Crippen LogP contribution < -0.4 is 5.32 Å². The Morgan fingerprint density at radius 3 is 3.05 bits per heavy atom. The van der Waals surface area contributed by atoms with Crippen molar-refractivity contribution in [2.24, 2.45) is 0 Å². The normalized spacial score (nSPS) is 24.5. The molecule has 7 heteroatoms. The highest BCUT2D eigenvalue weighted by atomic mass is 16.4. The Hall–Kier alpha value is -1.47. The van der Waals surface area contributed by atoms with Gasteiger partial charge in [-0.3, -0.25) is 4.68 Å². The number of carboxylic acid groups (broad SMARTS) is 1. The molecule has 2 heterocycles. The Balaban J connectivity index is 1.72. The van der Waals surface area contributed by atoms with Crippen LogP contribution in [0.1, 0.15) is 30.3 Å². The van der Waals surface area contributed by atoms with E-state index in [9.17, 15) is 4.79 Å². The van der Waals surface area contributed by atoms with E-state index in [0.717, 1.165) is 25.9 Å². The number of nitrogens with one attached hydrogen (secondary N) is 1. The van der Waals surface area contributed by atoms with E-state index in [1.807, 2.05) is 0 Å².